The second kappa shape index (κ2) is 15.0. The van der Waals surface area contributed by atoms with Gasteiger partial charge in [-0.15, -0.1) is 11.3 Å². The van der Waals surface area contributed by atoms with Crippen LogP contribution in [0.25, 0.3) is 10.1 Å². The maximum atomic E-state index is 13.7. The highest BCUT2D eigenvalue weighted by Crippen LogP contribution is 2.38. The van der Waals surface area contributed by atoms with E-state index in [1.807, 2.05) is 0 Å². The predicted molar refractivity (Wildman–Crippen MR) is 145 cm³/mol. The van der Waals surface area contributed by atoms with Crippen molar-refractivity contribution in [1.29, 1.82) is 5.26 Å². The average molecular weight is 600 g/mol. The molecule has 0 aliphatic carbocycles. The molecular weight excluding hydrogens is 570 g/mol. The first-order valence-corrected chi connectivity index (χ1v) is 15.4. The van der Waals surface area contributed by atoms with Crippen molar-refractivity contribution in [1.82, 2.24) is 4.72 Å². The Morgan fingerprint density at radius 1 is 1.00 bits per heavy atom. The van der Waals surface area contributed by atoms with E-state index in [0.29, 0.717) is 47.9 Å². The van der Waals surface area contributed by atoms with Crippen LogP contribution in [0.5, 0.6) is 17.2 Å². The fourth-order valence-corrected chi connectivity index (χ4v) is 6.14. The van der Waals surface area contributed by atoms with Crippen molar-refractivity contribution in [2.45, 2.75) is 29.9 Å². The Bertz CT molecular complexity index is 1380. The van der Waals surface area contributed by atoms with E-state index in [1.54, 1.807) is 18.2 Å². The number of rotatable bonds is 17. The van der Waals surface area contributed by atoms with Crippen LogP contribution in [-0.2, 0) is 19.1 Å². The van der Waals surface area contributed by atoms with Gasteiger partial charge < -0.3 is 20.9 Å². The Balaban J connectivity index is 1.66. The summed E-state index contributed by atoms with van der Waals surface area (Å²) in [6.07, 6.45) is 3.15. The van der Waals surface area contributed by atoms with Crippen LogP contribution in [0.3, 0.4) is 0 Å². The summed E-state index contributed by atoms with van der Waals surface area (Å²) in [5.74, 6) is 0.0145. The molecule has 0 amide bonds. The summed E-state index contributed by atoms with van der Waals surface area (Å²) in [7, 11) is -6.85. The number of nitrogens with two attached hydrogens (primary N) is 2. The van der Waals surface area contributed by atoms with Gasteiger partial charge in [-0.05, 0) is 68.4 Å². The van der Waals surface area contributed by atoms with E-state index in [-0.39, 0.29) is 15.5 Å². The molecule has 1 atom stereocenters. The highest BCUT2D eigenvalue weighted by molar-refractivity contribution is 7.91. The summed E-state index contributed by atoms with van der Waals surface area (Å²) < 4.78 is 75.8. The smallest absolute Gasteiger partial charge is 0.490 e. The number of fused-ring (bicyclic) bond motifs is 1. The van der Waals surface area contributed by atoms with Crippen LogP contribution in [0, 0.1) is 17.1 Å². The number of hydrogen-bond acceptors (Lipinski definition) is 11. The van der Waals surface area contributed by atoms with Crippen molar-refractivity contribution < 1.29 is 35.9 Å². The third-order valence-electron chi connectivity index (χ3n) is 5.20. The second-order valence-corrected chi connectivity index (χ2v) is 12.0. The molecule has 1 aromatic heterocycles. The average Bonchev–Trinajstić information content (AvgIpc) is 3.33. The molecule has 0 aliphatic heterocycles. The van der Waals surface area contributed by atoms with E-state index >= 15 is 0 Å². The number of unbranched alkanes of at least 4 members (excludes halogenated alkanes) is 2. The third-order valence-corrected chi connectivity index (χ3v) is 8.84. The molecule has 3 aromatic rings. The SMILES string of the molecule is N#Cc1ccc(O[P+](=O)OCNS(=O)(=O)c2cc3cc(OCCCCN)c(OCCCCN)cc3s2)cc1F. The van der Waals surface area contributed by atoms with E-state index in [4.69, 9.17) is 35.3 Å². The van der Waals surface area contributed by atoms with E-state index in [2.05, 4.69) is 4.72 Å². The Hall–Kier alpha value is -2.89. The molecule has 5 N–H and O–H groups in total. The van der Waals surface area contributed by atoms with Gasteiger partial charge in [-0.2, -0.15) is 9.98 Å². The van der Waals surface area contributed by atoms with Crippen molar-refractivity contribution in [2.75, 3.05) is 33.0 Å². The Morgan fingerprint density at radius 2 is 1.67 bits per heavy atom. The molecule has 2 aromatic carbocycles. The van der Waals surface area contributed by atoms with Crippen molar-refractivity contribution in [3.63, 3.8) is 0 Å². The third kappa shape index (κ3) is 9.08. The number of halogens is 1. The number of ether oxygens (including phenoxy) is 2. The van der Waals surface area contributed by atoms with Crippen LogP contribution in [0.4, 0.5) is 4.39 Å². The van der Waals surface area contributed by atoms with Gasteiger partial charge in [0.2, 0.25) is 0 Å². The summed E-state index contributed by atoms with van der Waals surface area (Å²) in [4.78, 5) is 0. The van der Waals surface area contributed by atoms with Gasteiger partial charge in [0.25, 0.3) is 10.0 Å². The Kier molecular flexibility index (Phi) is 11.8. The number of sulfonamides is 1. The van der Waals surface area contributed by atoms with E-state index in [9.17, 15) is 17.4 Å². The fraction of sp³-hybridized carbons (Fsp3) is 0.375. The molecule has 0 spiro atoms. The lowest BCUT2D eigenvalue weighted by Gasteiger charge is -2.13. The van der Waals surface area contributed by atoms with Crippen LogP contribution < -0.4 is 30.2 Å². The van der Waals surface area contributed by atoms with E-state index in [1.165, 1.54) is 12.1 Å². The number of hydrogen-bond donors (Lipinski definition) is 3. The molecule has 210 valence electrons. The molecule has 0 radical (unpaired) electrons. The minimum atomic E-state index is -4.03. The molecule has 1 unspecified atom stereocenters. The lowest BCUT2D eigenvalue weighted by Crippen LogP contribution is -2.24. The lowest BCUT2D eigenvalue weighted by atomic mass is 10.2. The number of nitrogens with zero attached hydrogens (tertiary/aromatic N) is 1. The van der Waals surface area contributed by atoms with Gasteiger partial charge in [0.05, 0.1) is 18.8 Å². The molecule has 0 saturated heterocycles. The molecular formula is C24H29FN4O7PS2+. The summed E-state index contributed by atoms with van der Waals surface area (Å²) in [5.41, 5.74) is 10.9. The number of nitrogens with one attached hydrogen (secondary N) is 1. The number of nitriles is 1. The van der Waals surface area contributed by atoms with Crippen molar-refractivity contribution >= 4 is 39.7 Å². The van der Waals surface area contributed by atoms with Gasteiger partial charge in [0.1, 0.15) is 16.1 Å². The first kappa shape index (κ1) is 30.6. The van der Waals surface area contributed by atoms with E-state index in [0.717, 1.165) is 49.2 Å². The van der Waals surface area contributed by atoms with Crippen LogP contribution in [0.2, 0.25) is 0 Å². The zero-order chi connectivity index (χ0) is 28.3. The van der Waals surface area contributed by atoms with Gasteiger partial charge in [-0.25, -0.2) is 17.3 Å². The van der Waals surface area contributed by atoms with Crippen molar-refractivity contribution in [3.8, 4) is 23.3 Å². The second-order valence-electron chi connectivity index (χ2n) is 8.08. The summed E-state index contributed by atoms with van der Waals surface area (Å²) in [6.45, 7) is 1.33. The molecule has 1 heterocycles. The Morgan fingerprint density at radius 3 is 2.28 bits per heavy atom. The standard InChI is InChI=1S/C24H29FN4O7PS2/c25-20-13-19(6-5-17(20)15-28)36-37(30)35-16-29-39(31,32)24-12-18-11-21(33-9-3-1-7-26)22(14-23(18)38-24)34-10-4-2-8-27/h5-6,11-14,29H,1-4,7-10,16,26-27H2/q+1. The molecule has 3 rings (SSSR count). The molecule has 0 bridgehead atoms. The van der Waals surface area contributed by atoms with E-state index < -0.39 is 30.8 Å². The topological polar surface area (TPSA) is 176 Å². The first-order valence-electron chi connectivity index (χ1n) is 12.0. The maximum Gasteiger partial charge on any atom is 0.751 e. The maximum absolute atomic E-state index is 13.7. The number of benzene rings is 2. The first-order chi connectivity index (χ1) is 18.8. The van der Waals surface area contributed by atoms with Gasteiger partial charge in [0.15, 0.2) is 24.0 Å². The van der Waals surface area contributed by atoms with Gasteiger partial charge in [-0.1, -0.05) is 4.52 Å². The van der Waals surface area contributed by atoms with Gasteiger partial charge in [-0.3, -0.25) is 0 Å². The molecule has 0 aliphatic rings. The molecule has 0 saturated carbocycles. The number of thiophene rings is 1. The van der Waals surface area contributed by atoms with Crippen LogP contribution in [0.15, 0.2) is 40.6 Å². The van der Waals surface area contributed by atoms with Gasteiger partial charge in [0, 0.05) is 21.4 Å². The van der Waals surface area contributed by atoms with Crippen molar-refractivity contribution in [2.24, 2.45) is 11.5 Å². The molecule has 15 heteroatoms. The Labute approximate surface area is 230 Å². The largest absolute Gasteiger partial charge is 0.751 e. The molecule has 11 nitrogen and oxygen atoms in total. The lowest BCUT2D eigenvalue weighted by molar-refractivity contribution is 0.261. The minimum Gasteiger partial charge on any atom is -0.490 e. The minimum absolute atomic E-state index is 0.000715. The molecule has 39 heavy (non-hydrogen) atoms. The van der Waals surface area contributed by atoms with Crippen LogP contribution in [-0.4, -0.2) is 41.5 Å². The fourth-order valence-electron chi connectivity index (χ4n) is 3.22. The normalized spacial score (nSPS) is 11.8. The summed E-state index contributed by atoms with van der Waals surface area (Å²) in [6, 6.07) is 9.88. The van der Waals surface area contributed by atoms with Crippen LogP contribution >= 0.6 is 19.6 Å². The highest BCUT2D eigenvalue weighted by Gasteiger charge is 2.26. The zero-order valence-corrected chi connectivity index (χ0v) is 23.5. The zero-order valence-electron chi connectivity index (χ0n) is 20.9. The monoisotopic (exact) mass is 599 g/mol. The quantitative estimate of drug-likeness (QED) is 0.116. The summed E-state index contributed by atoms with van der Waals surface area (Å²) in [5, 5.41) is 9.40. The summed E-state index contributed by atoms with van der Waals surface area (Å²) >= 11 is 1.02. The van der Waals surface area contributed by atoms with Crippen molar-refractivity contribution in [3.05, 3.63) is 47.8 Å². The predicted octanol–water partition coefficient (Wildman–Crippen LogP) is 4.14. The highest BCUT2D eigenvalue weighted by atomic mass is 32.2. The van der Waals surface area contributed by atoms with Crippen LogP contribution in [0.1, 0.15) is 31.2 Å². The van der Waals surface area contributed by atoms with Gasteiger partial charge >= 0.3 is 8.25 Å². The molecule has 0 fully saturated rings.